The molecule has 176 valence electrons. The van der Waals surface area contributed by atoms with Crippen LogP contribution in [0.4, 0.5) is 8.78 Å². The third-order valence-electron chi connectivity index (χ3n) is 5.27. The van der Waals surface area contributed by atoms with Crippen LogP contribution in [0.5, 0.6) is 0 Å². The summed E-state index contributed by atoms with van der Waals surface area (Å²) in [5, 5.41) is 9.03. The minimum absolute atomic E-state index is 0.0503. The number of carbonyl (C=O) groups excluding carboxylic acids is 4. The highest BCUT2D eigenvalue weighted by molar-refractivity contribution is 7.07. The second-order valence-corrected chi connectivity index (χ2v) is 8.57. The minimum atomic E-state index is -2.87. The van der Waals surface area contributed by atoms with Crippen molar-refractivity contribution < 1.29 is 28.0 Å². The number of carbonyl (C=O) groups is 4. The minimum Gasteiger partial charge on any atom is -0.347 e. The molecule has 2 atom stereocenters. The highest BCUT2D eigenvalue weighted by Gasteiger charge is 2.42. The molecule has 2 aromatic rings. The Bertz CT molecular complexity index is 986. The number of nitrogens with zero attached hydrogens (tertiary/aromatic N) is 1. The molecule has 0 saturated heterocycles. The Labute approximate surface area is 193 Å². The zero-order chi connectivity index (χ0) is 23.8. The van der Waals surface area contributed by atoms with Crippen molar-refractivity contribution in [1.82, 2.24) is 20.9 Å². The van der Waals surface area contributed by atoms with Crippen molar-refractivity contribution in [1.29, 1.82) is 0 Å². The van der Waals surface area contributed by atoms with Gasteiger partial charge in [-0.15, -0.1) is 11.3 Å². The summed E-state index contributed by atoms with van der Waals surface area (Å²) < 4.78 is 26.6. The molecule has 0 spiro atoms. The molecule has 1 unspecified atom stereocenters. The Hall–Kier alpha value is -3.21. The van der Waals surface area contributed by atoms with Crippen molar-refractivity contribution in [2.75, 3.05) is 6.54 Å². The Kier molecular flexibility index (Phi) is 8.21. The fourth-order valence-corrected chi connectivity index (χ4v) is 4.09. The van der Waals surface area contributed by atoms with E-state index in [1.807, 2.05) is 0 Å². The van der Waals surface area contributed by atoms with E-state index in [0.29, 0.717) is 5.69 Å². The van der Waals surface area contributed by atoms with E-state index in [2.05, 4.69) is 20.9 Å². The van der Waals surface area contributed by atoms with Gasteiger partial charge in [-0.25, -0.2) is 13.8 Å². The van der Waals surface area contributed by atoms with E-state index < -0.39 is 54.4 Å². The van der Waals surface area contributed by atoms with E-state index in [1.165, 1.54) is 11.3 Å². The first-order valence-corrected chi connectivity index (χ1v) is 11.4. The molecule has 1 aromatic heterocycles. The van der Waals surface area contributed by atoms with Gasteiger partial charge < -0.3 is 16.0 Å². The number of hydrogen-bond acceptors (Lipinski definition) is 6. The number of ketones is 1. The quantitative estimate of drug-likeness (QED) is 0.449. The third-order valence-corrected chi connectivity index (χ3v) is 5.90. The number of benzene rings is 1. The first kappa shape index (κ1) is 24.4. The predicted octanol–water partition coefficient (Wildman–Crippen LogP) is 1.61. The average molecular weight is 479 g/mol. The Morgan fingerprint density at radius 2 is 1.91 bits per heavy atom. The normalized spacial score (nSPS) is 17.7. The molecule has 1 aromatic carbocycles. The number of hydrogen-bond donors (Lipinski definition) is 3. The van der Waals surface area contributed by atoms with E-state index in [4.69, 9.17) is 0 Å². The molecule has 1 aliphatic rings. The van der Waals surface area contributed by atoms with Crippen LogP contribution in [0.1, 0.15) is 30.5 Å². The predicted molar refractivity (Wildman–Crippen MR) is 116 cm³/mol. The number of thiazole rings is 1. The van der Waals surface area contributed by atoms with Crippen LogP contribution in [0.25, 0.3) is 0 Å². The summed E-state index contributed by atoms with van der Waals surface area (Å²) in [7, 11) is 0. The summed E-state index contributed by atoms with van der Waals surface area (Å²) in [5.74, 6) is -6.77. The molecule has 3 rings (SSSR count). The van der Waals surface area contributed by atoms with E-state index >= 15 is 0 Å². The van der Waals surface area contributed by atoms with Crippen LogP contribution in [0.15, 0.2) is 41.2 Å². The highest BCUT2D eigenvalue weighted by atomic mass is 32.1. The van der Waals surface area contributed by atoms with Crippen LogP contribution in [0.2, 0.25) is 0 Å². The maximum atomic E-state index is 13.3. The monoisotopic (exact) mass is 478 g/mol. The number of nitrogens with one attached hydrogen (secondary N) is 3. The van der Waals surface area contributed by atoms with E-state index in [0.717, 1.165) is 5.56 Å². The van der Waals surface area contributed by atoms with Crippen molar-refractivity contribution in [3.05, 3.63) is 52.5 Å². The van der Waals surface area contributed by atoms with Crippen molar-refractivity contribution in [2.24, 2.45) is 5.92 Å². The van der Waals surface area contributed by atoms with Gasteiger partial charge in [-0.2, -0.15) is 0 Å². The van der Waals surface area contributed by atoms with Gasteiger partial charge in [-0.05, 0) is 12.0 Å². The van der Waals surface area contributed by atoms with Gasteiger partial charge in [-0.3, -0.25) is 19.2 Å². The van der Waals surface area contributed by atoms with Gasteiger partial charge in [0, 0.05) is 30.6 Å². The Balaban J connectivity index is 1.57. The molecule has 3 amide bonds. The molecule has 1 heterocycles. The summed E-state index contributed by atoms with van der Waals surface area (Å²) in [6.45, 7) is -0.415. The number of amides is 3. The van der Waals surface area contributed by atoms with E-state index in [-0.39, 0.29) is 25.8 Å². The third kappa shape index (κ3) is 7.41. The fourth-order valence-electron chi connectivity index (χ4n) is 3.53. The smallest absolute Gasteiger partial charge is 0.289 e. The van der Waals surface area contributed by atoms with Crippen LogP contribution in [0, 0.1) is 5.92 Å². The van der Waals surface area contributed by atoms with Crippen molar-refractivity contribution >= 4 is 34.8 Å². The molecule has 0 bridgehead atoms. The van der Waals surface area contributed by atoms with Gasteiger partial charge in [0.15, 0.2) is 0 Å². The molecule has 0 radical (unpaired) electrons. The van der Waals surface area contributed by atoms with Crippen LogP contribution in [-0.2, 0) is 32.1 Å². The molecule has 1 saturated carbocycles. The highest BCUT2D eigenvalue weighted by Crippen LogP contribution is 2.38. The SMILES string of the molecule is O=C(CNC(=O)C1CCC(F)(F)C1)N[C@H](Cc1ccccc1)C(=O)C(=O)NCc1cscn1. The zero-order valence-electron chi connectivity index (χ0n) is 17.7. The second kappa shape index (κ2) is 11.1. The first-order valence-electron chi connectivity index (χ1n) is 10.4. The number of Topliss-reactive ketones (excluding diaryl/α,β-unsaturated/α-hetero) is 1. The molecule has 8 nitrogen and oxygen atoms in total. The summed E-state index contributed by atoms with van der Waals surface area (Å²) in [4.78, 5) is 53.6. The van der Waals surface area contributed by atoms with E-state index in [1.54, 1.807) is 41.2 Å². The fraction of sp³-hybridized carbons (Fsp3) is 0.409. The van der Waals surface area contributed by atoms with Crippen molar-refractivity contribution in [3.63, 3.8) is 0 Å². The Morgan fingerprint density at radius 1 is 1.15 bits per heavy atom. The lowest BCUT2D eigenvalue weighted by molar-refractivity contribution is -0.140. The molecule has 33 heavy (non-hydrogen) atoms. The van der Waals surface area contributed by atoms with Crippen LogP contribution >= 0.6 is 11.3 Å². The van der Waals surface area contributed by atoms with Crippen LogP contribution in [0.3, 0.4) is 0 Å². The van der Waals surface area contributed by atoms with Gasteiger partial charge >= 0.3 is 0 Å². The number of halogens is 2. The zero-order valence-corrected chi connectivity index (χ0v) is 18.5. The lowest BCUT2D eigenvalue weighted by atomic mass is 10.0. The summed E-state index contributed by atoms with van der Waals surface area (Å²) in [5.41, 5.74) is 2.92. The Morgan fingerprint density at radius 3 is 2.55 bits per heavy atom. The number of aromatic nitrogens is 1. The van der Waals surface area contributed by atoms with Crippen LogP contribution in [-0.4, -0.2) is 47.0 Å². The van der Waals surface area contributed by atoms with Gasteiger partial charge in [0.1, 0.15) is 6.04 Å². The van der Waals surface area contributed by atoms with Crippen molar-refractivity contribution in [2.45, 2.75) is 44.2 Å². The number of alkyl halides is 2. The van der Waals surface area contributed by atoms with E-state index in [9.17, 15) is 28.0 Å². The lowest BCUT2D eigenvalue weighted by Gasteiger charge is -2.18. The molecule has 1 aliphatic carbocycles. The van der Waals surface area contributed by atoms with Crippen LogP contribution < -0.4 is 16.0 Å². The van der Waals surface area contributed by atoms with Gasteiger partial charge in [0.05, 0.1) is 24.3 Å². The second-order valence-electron chi connectivity index (χ2n) is 7.85. The maximum absolute atomic E-state index is 13.3. The summed E-state index contributed by atoms with van der Waals surface area (Å²) >= 11 is 1.35. The molecular weight excluding hydrogens is 454 g/mol. The maximum Gasteiger partial charge on any atom is 0.289 e. The first-order chi connectivity index (χ1) is 15.7. The standard InChI is InChI=1S/C22H24F2N4O4S/c23-22(24)7-6-15(9-22)20(31)26-11-18(29)28-17(8-14-4-2-1-3-5-14)19(30)21(32)25-10-16-12-33-13-27-16/h1-5,12-13,15,17H,6-11H2,(H,25,32)(H,26,31)(H,28,29)/t15?,17-/m1/s1. The summed E-state index contributed by atoms with van der Waals surface area (Å²) in [6, 6.07) is 7.66. The lowest BCUT2D eigenvalue weighted by Crippen LogP contribution is -2.51. The molecular formula is C22H24F2N4O4S. The average Bonchev–Trinajstić information content (AvgIpc) is 3.44. The molecule has 1 fully saturated rings. The summed E-state index contributed by atoms with van der Waals surface area (Å²) in [6.07, 6.45) is -0.789. The molecule has 11 heteroatoms. The topological polar surface area (TPSA) is 117 Å². The molecule has 3 N–H and O–H groups in total. The van der Waals surface area contributed by atoms with Crippen molar-refractivity contribution in [3.8, 4) is 0 Å². The van der Waals surface area contributed by atoms with Gasteiger partial charge in [0.2, 0.25) is 23.5 Å². The number of rotatable bonds is 10. The largest absolute Gasteiger partial charge is 0.347 e. The molecule has 0 aliphatic heterocycles. The van der Waals surface area contributed by atoms with Gasteiger partial charge in [-0.1, -0.05) is 30.3 Å². The van der Waals surface area contributed by atoms with Gasteiger partial charge in [0.25, 0.3) is 5.91 Å².